The first kappa shape index (κ1) is 13.2. The van der Waals surface area contributed by atoms with E-state index in [1.807, 2.05) is 0 Å². The molecule has 0 aliphatic heterocycles. The lowest BCUT2D eigenvalue weighted by Gasteiger charge is -2.12. The highest BCUT2D eigenvalue weighted by Gasteiger charge is 2.21. The summed E-state index contributed by atoms with van der Waals surface area (Å²) in [5.41, 5.74) is 0.802. The van der Waals surface area contributed by atoms with Gasteiger partial charge in [-0.15, -0.1) is 0 Å². The van der Waals surface area contributed by atoms with Crippen molar-refractivity contribution in [3.63, 3.8) is 0 Å². The summed E-state index contributed by atoms with van der Waals surface area (Å²) in [5, 5.41) is 3.27. The molecule has 20 heavy (non-hydrogen) atoms. The fraction of sp³-hybridized carbons (Fsp3) is 0.250. The minimum atomic E-state index is -0.678. The van der Waals surface area contributed by atoms with Gasteiger partial charge in [0.2, 0.25) is 0 Å². The topological polar surface area (TPSA) is 12.0 Å². The first-order valence-corrected chi connectivity index (χ1v) is 6.61. The third kappa shape index (κ3) is 2.70. The molecule has 104 valence electrons. The van der Waals surface area contributed by atoms with Crippen molar-refractivity contribution in [3.05, 3.63) is 59.4 Å². The average Bonchev–Trinajstić information content (AvgIpc) is 3.22. The van der Waals surface area contributed by atoms with Crippen molar-refractivity contribution in [1.29, 1.82) is 0 Å². The van der Waals surface area contributed by atoms with Crippen LogP contribution >= 0.6 is 0 Å². The van der Waals surface area contributed by atoms with Crippen LogP contribution in [0.1, 0.15) is 18.4 Å². The zero-order valence-corrected chi connectivity index (χ0v) is 10.8. The monoisotopic (exact) mass is 277 g/mol. The molecule has 0 heterocycles. The van der Waals surface area contributed by atoms with Gasteiger partial charge < -0.3 is 5.32 Å². The van der Waals surface area contributed by atoms with Gasteiger partial charge in [-0.1, -0.05) is 12.1 Å². The molecule has 1 aliphatic rings. The van der Waals surface area contributed by atoms with E-state index >= 15 is 0 Å². The predicted molar refractivity (Wildman–Crippen MR) is 71.6 cm³/mol. The van der Waals surface area contributed by atoms with Gasteiger partial charge in [0.1, 0.15) is 17.5 Å². The fourth-order valence-corrected chi connectivity index (χ4v) is 2.23. The summed E-state index contributed by atoms with van der Waals surface area (Å²) in [5.74, 6) is -1.86. The number of rotatable bonds is 4. The van der Waals surface area contributed by atoms with Crippen LogP contribution in [0.25, 0.3) is 11.1 Å². The first-order chi connectivity index (χ1) is 9.65. The molecule has 0 saturated heterocycles. The fourth-order valence-electron chi connectivity index (χ4n) is 2.23. The summed E-state index contributed by atoms with van der Waals surface area (Å²) in [6, 6.07) is 8.21. The van der Waals surface area contributed by atoms with Gasteiger partial charge in [-0.2, -0.15) is 0 Å². The van der Waals surface area contributed by atoms with Gasteiger partial charge in [0.15, 0.2) is 0 Å². The van der Waals surface area contributed by atoms with E-state index in [1.54, 1.807) is 6.07 Å². The van der Waals surface area contributed by atoms with Crippen LogP contribution < -0.4 is 5.32 Å². The lowest BCUT2D eigenvalue weighted by Crippen LogP contribution is -2.16. The summed E-state index contributed by atoms with van der Waals surface area (Å²) in [6.45, 7) is 0.480. The largest absolute Gasteiger partial charge is 0.310 e. The van der Waals surface area contributed by atoms with Gasteiger partial charge in [0.25, 0.3) is 0 Å². The Morgan fingerprint density at radius 1 is 1.00 bits per heavy atom. The van der Waals surface area contributed by atoms with Crippen molar-refractivity contribution in [2.75, 3.05) is 0 Å². The average molecular weight is 277 g/mol. The number of hydrogen-bond donors (Lipinski definition) is 1. The first-order valence-electron chi connectivity index (χ1n) is 6.61. The van der Waals surface area contributed by atoms with Gasteiger partial charge in [-0.25, -0.2) is 13.2 Å². The molecule has 1 fully saturated rings. The highest BCUT2D eigenvalue weighted by atomic mass is 19.1. The van der Waals surface area contributed by atoms with E-state index in [1.165, 1.54) is 30.3 Å². The molecule has 1 aliphatic carbocycles. The maximum Gasteiger partial charge on any atom is 0.133 e. The molecular formula is C16H14F3N. The lowest BCUT2D eigenvalue weighted by atomic mass is 9.98. The third-order valence-corrected chi connectivity index (χ3v) is 3.46. The van der Waals surface area contributed by atoms with E-state index in [9.17, 15) is 13.2 Å². The van der Waals surface area contributed by atoms with Crippen LogP contribution in [0.15, 0.2) is 36.4 Å². The molecule has 1 N–H and O–H groups in total. The van der Waals surface area contributed by atoms with Gasteiger partial charge in [0, 0.05) is 12.6 Å². The lowest BCUT2D eigenvalue weighted by molar-refractivity contribution is 0.587. The van der Waals surface area contributed by atoms with E-state index in [2.05, 4.69) is 5.32 Å². The quantitative estimate of drug-likeness (QED) is 0.890. The zero-order chi connectivity index (χ0) is 14.1. The van der Waals surface area contributed by atoms with Crippen molar-refractivity contribution in [1.82, 2.24) is 5.32 Å². The second-order valence-corrected chi connectivity index (χ2v) is 5.05. The Labute approximate surface area is 115 Å². The van der Waals surface area contributed by atoms with Gasteiger partial charge >= 0.3 is 0 Å². The number of nitrogens with one attached hydrogen (secondary N) is 1. The third-order valence-electron chi connectivity index (χ3n) is 3.46. The molecule has 0 bridgehead atoms. The maximum atomic E-state index is 13.9. The SMILES string of the molecule is Fc1ccc(CNC2CC2)c(-c2c(F)cccc2F)c1. The van der Waals surface area contributed by atoms with E-state index < -0.39 is 17.5 Å². The Balaban J connectivity index is 2.03. The van der Waals surface area contributed by atoms with Crippen LogP contribution in [-0.2, 0) is 6.54 Å². The minimum absolute atomic E-state index is 0.167. The molecule has 0 amide bonds. The molecule has 1 nitrogen and oxygen atoms in total. The smallest absolute Gasteiger partial charge is 0.133 e. The van der Waals surface area contributed by atoms with Crippen LogP contribution in [0.4, 0.5) is 13.2 Å². The zero-order valence-electron chi connectivity index (χ0n) is 10.8. The van der Waals surface area contributed by atoms with Crippen molar-refractivity contribution < 1.29 is 13.2 Å². The molecule has 0 aromatic heterocycles. The molecule has 0 spiro atoms. The van der Waals surface area contributed by atoms with Crippen LogP contribution in [0.2, 0.25) is 0 Å². The maximum absolute atomic E-state index is 13.9. The second kappa shape index (κ2) is 5.29. The molecule has 1 saturated carbocycles. The Morgan fingerprint density at radius 2 is 1.70 bits per heavy atom. The van der Waals surface area contributed by atoms with Crippen molar-refractivity contribution >= 4 is 0 Å². The van der Waals surface area contributed by atoms with Crippen LogP contribution in [0, 0.1) is 17.5 Å². The molecule has 0 radical (unpaired) electrons. The molecule has 3 rings (SSSR count). The van der Waals surface area contributed by atoms with Crippen LogP contribution in [0.5, 0.6) is 0 Å². The van der Waals surface area contributed by atoms with Gasteiger partial charge in [-0.05, 0) is 48.2 Å². The number of halogens is 3. The summed E-state index contributed by atoms with van der Waals surface area (Å²) < 4.78 is 41.2. The second-order valence-electron chi connectivity index (χ2n) is 5.05. The van der Waals surface area contributed by atoms with Crippen molar-refractivity contribution in [3.8, 4) is 11.1 Å². The van der Waals surface area contributed by atoms with E-state index in [0.717, 1.165) is 12.8 Å². The summed E-state index contributed by atoms with van der Waals surface area (Å²) in [7, 11) is 0. The Kier molecular flexibility index (Phi) is 3.49. The molecule has 2 aromatic carbocycles. The van der Waals surface area contributed by atoms with Crippen LogP contribution in [0.3, 0.4) is 0 Å². The van der Waals surface area contributed by atoms with Crippen molar-refractivity contribution in [2.45, 2.75) is 25.4 Å². The Bertz CT molecular complexity index is 615. The molecule has 2 aromatic rings. The Hall–Kier alpha value is -1.81. The molecule has 0 unspecified atom stereocenters. The van der Waals surface area contributed by atoms with Gasteiger partial charge in [0.05, 0.1) is 5.56 Å². The normalized spacial score (nSPS) is 14.6. The highest BCUT2D eigenvalue weighted by Crippen LogP contribution is 2.30. The Morgan fingerprint density at radius 3 is 2.35 bits per heavy atom. The predicted octanol–water partition coefficient (Wildman–Crippen LogP) is 4.02. The highest BCUT2D eigenvalue weighted by molar-refractivity contribution is 5.68. The minimum Gasteiger partial charge on any atom is -0.310 e. The molecule has 4 heteroatoms. The van der Waals surface area contributed by atoms with Crippen molar-refractivity contribution in [2.24, 2.45) is 0 Å². The standard InChI is InChI=1S/C16H14F3N/c17-11-5-4-10(9-20-12-6-7-12)13(8-11)16-14(18)2-1-3-15(16)19/h1-5,8,12,20H,6-7,9H2. The molecule has 0 atom stereocenters. The van der Waals surface area contributed by atoms with Gasteiger partial charge in [-0.3, -0.25) is 0 Å². The molecular weight excluding hydrogens is 263 g/mol. The number of benzene rings is 2. The van der Waals surface area contributed by atoms with E-state index in [0.29, 0.717) is 18.2 Å². The summed E-state index contributed by atoms with van der Waals surface area (Å²) >= 11 is 0. The number of hydrogen-bond acceptors (Lipinski definition) is 1. The van der Waals surface area contributed by atoms with E-state index in [-0.39, 0.29) is 11.1 Å². The summed E-state index contributed by atoms with van der Waals surface area (Å²) in [6.07, 6.45) is 2.23. The van der Waals surface area contributed by atoms with E-state index in [4.69, 9.17) is 0 Å². The summed E-state index contributed by atoms with van der Waals surface area (Å²) in [4.78, 5) is 0. The van der Waals surface area contributed by atoms with Crippen LogP contribution in [-0.4, -0.2) is 6.04 Å².